The van der Waals surface area contributed by atoms with Crippen molar-refractivity contribution in [3.63, 3.8) is 0 Å². The minimum Gasteiger partial charge on any atom is -0.373 e. The molecule has 1 aromatic carbocycles. The number of pyridine rings is 1. The summed E-state index contributed by atoms with van der Waals surface area (Å²) in [5.41, 5.74) is 1.21. The number of hydrogen-bond acceptors (Lipinski definition) is 4. The van der Waals surface area contributed by atoms with Crippen LogP contribution >= 0.6 is 0 Å². The number of hydrogen-bond donors (Lipinski definition) is 2. The van der Waals surface area contributed by atoms with Gasteiger partial charge in [-0.2, -0.15) is 0 Å². The molecule has 2 aromatic rings. The van der Waals surface area contributed by atoms with Crippen LogP contribution < -0.4 is 10.6 Å². The van der Waals surface area contributed by atoms with Crippen molar-refractivity contribution < 1.29 is 14.0 Å². The Labute approximate surface area is 145 Å². The minimum absolute atomic E-state index is 0.0554. The van der Waals surface area contributed by atoms with Gasteiger partial charge in [-0.05, 0) is 29.8 Å². The Bertz CT molecular complexity index is 796. The molecule has 3 rings (SSSR count). The number of likely N-dealkylation sites (tertiary alicyclic amines) is 1. The molecule has 0 aliphatic carbocycles. The Hall–Kier alpha value is -2.96. The zero-order chi connectivity index (χ0) is 17.8. The summed E-state index contributed by atoms with van der Waals surface area (Å²) in [7, 11) is 1.73. The van der Waals surface area contributed by atoms with Gasteiger partial charge in [0.25, 0.3) is 5.91 Å². The number of amides is 2. The standard InChI is InChI=1S/C18H19FN4O2/c1-20-16-8-13(5-6-21-16)18(25)22-15-9-17(24)23(11-15)10-12-3-2-4-14(19)7-12/h2-8,15H,9-11H2,1H3,(H,20,21)(H,22,25). The van der Waals surface area contributed by atoms with Gasteiger partial charge in [0.05, 0.1) is 6.04 Å². The molecule has 1 aromatic heterocycles. The summed E-state index contributed by atoms with van der Waals surface area (Å²) >= 11 is 0. The average molecular weight is 342 g/mol. The quantitative estimate of drug-likeness (QED) is 0.869. The maximum Gasteiger partial charge on any atom is 0.251 e. The molecule has 7 heteroatoms. The van der Waals surface area contributed by atoms with E-state index in [2.05, 4.69) is 15.6 Å². The second kappa shape index (κ2) is 7.29. The van der Waals surface area contributed by atoms with Gasteiger partial charge in [0.2, 0.25) is 5.91 Å². The number of aromatic nitrogens is 1. The van der Waals surface area contributed by atoms with Gasteiger partial charge >= 0.3 is 0 Å². The van der Waals surface area contributed by atoms with Crippen molar-refractivity contribution in [2.45, 2.75) is 19.0 Å². The molecule has 0 radical (unpaired) electrons. The third kappa shape index (κ3) is 4.12. The molecule has 1 saturated heterocycles. The van der Waals surface area contributed by atoms with Crippen LogP contribution in [-0.4, -0.2) is 41.3 Å². The Morgan fingerprint density at radius 2 is 2.20 bits per heavy atom. The fraction of sp³-hybridized carbons (Fsp3) is 0.278. The van der Waals surface area contributed by atoms with Gasteiger partial charge < -0.3 is 15.5 Å². The van der Waals surface area contributed by atoms with Crippen LogP contribution in [0.1, 0.15) is 22.3 Å². The van der Waals surface area contributed by atoms with E-state index in [1.165, 1.54) is 12.1 Å². The summed E-state index contributed by atoms with van der Waals surface area (Å²) in [6, 6.07) is 9.18. The molecule has 1 atom stereocenters. The van der Waals surface area contributed by atoms with Crippen LogP contribution in [0.4, 0.5) is 10.2 Å². The van der Waals surface area contributed by atoms with Crippen LogP contribution in [0.5, 0.6) is 0 Å². The molecule has 25 heavy (non-hydrogen) atoms. The third-order valence-corrected chi connectivity index (χ3v) is 4.09. The molecule has 2 heterocycles. The van der Waals surface area contributed by atoms with E-state index in [4.69, 9.17) is 0 Å². The highest BCUT2D eigenvalue weighted by atomic mass is 19.1. The van der Waals surface area contributed by atoms with Gasteiger partial charge in [0.1, 0.15) is 11.6 Å². The van der Waals surface area contributed by atoms with E-state index in [0.29, 0.717) is 24.5 Å². The number of carbonyl (C=O) groups excluding carboxylic acids is 2. The number of benzene rings is 1. The molecule has 1 unspecified atom stereocenters. The maximum atomic E-state index is 13.3. The highest BCUT2D eigenvalue weighted by Gasteiger charge is 2.30. The second-order valence-corrected chi connectivity index (χ2v) is 5.96. The van der Waals surface area contributed by atoms with Gasteiger partial charge in [-0.3, -0.25) is 9.59 Å². The van der Waals surface area contributed by atoms with E-state index >= 15 is 0 Å². The Morgan fingerprint density at radius 3 is 2.96 bits per heavy atom. The van der Waals surface area contributed by atoms with E-state index in [9.17, 15) is 14.0 Å². The lowest BCUT2D eigenvalue weighted by Crippen LogP contribution is -2.37. The minimum atomic E-state index is -0.327. The smallest absolute Gasteiger partial charge is 0.251 e. The number of carbonyl (C=O) groups is 2. The van der Waals surface area contributed by atoms with Gasteiger partial charge in [-0.1, -0.05) is 12.1 Å². The fourth-order valence-electron chi connectivity index (χ4n) is 2.85. The van der Waals surface area contributed by atoms with E-state index in [1.54, 1.807) is 42.4 Å². The summed E-state index contributed by atoms with van der Waals surface area (Å²) < 4.78 is 13.3. The number of halogens is 1. The zero-order valence-electron chi connectivity index (χ0n) is 13.8. The van der Waals surface area contributed by atoms with E-state index < -0.39 is 0 Å². The van der Waals surface area contributed by atoms with Crippen molar-refractivity contribution in [3.8, 4) is 0 Å². The molecule has 0 bridgehead atoms. The van der Waals surface area contributed by atoms with Crippen molar-refractivity contribution >= 4 is 17.6 Å². The van der Waals surface area contributed by atoms with E-state index in [1.807, 2.05) is 0 Å². The second-order valence-electron chi connectivity index (χ2n) is 5.96. The van der Waals surface area contributed by atoms with Crippen molar-refractivity contribution in [1.29, 1.82) is 0 Å². The molecule has 1 aliphatic heterocycles. The van der Waals surface area contributed by atoms with Crippen LogP contribution in [0.3, 0.4) is 0 Å². The Kier molecular flexibility index (Phi) is 4.92. The Balaban J connectivity index is 1.61. The monoisotopic (exact) mass is 342 g/mol. The molecule has 6 nitrogen and oxygen atoms in total. The SMILES string of the molecule is CNc1cc(C(=O)NC2CC(=O)N(Cc3cccc(F)c3)C2)ccn1. The normalized spacial score (nSPS) is 16.8. The average Bonchev–Trinajstić information content (AvgIpc) is 2.94. The molecule has 130 valence electrons. The van der Waals surface area contributed by atoms with Crippen LogP contribution in [0, 0.1) is 5.82 Å². The zero-order valence-corrected chi connectivity index (χ0v) is 13.8. The first-order chi connectivity index (χ1) is 12.0. The van der Waals surface area contributed by atoms with Gasteiger partial charge in [0.15, 0.2) is 0 Å². The molecule has 0 spiro atoms. The number of rotatable bonds is 5. The van der Waals surface area contributed by atoms with Crippen LogP contribution in [0.15, 0.2) is 42.6 Å². The lowest BCUT2D eigenvalue weighted by Gasteiger charge is -2.17. The molecule has 1 aliphatic rings. The van der Waals surface area contributed by atoms with Crippen molar-refractivity contribution in [2.75, 3.05) is 18.9 Å². The molecule has 2 amide bonds. The Morgan fingerprint density at radius 1 is 1.36 bits per heavy atom. The summed E-state index contributed by atoms with van der Waals surface area (Å²) in [5, 5.41) is 5.75. The number of nitrogens with one attached hydrogen (secondary N) is 2. The lowest BCUT2D eigenvalue weighted by atomic mass is 10.2. The summed E-state index contributed by atoms with van der Waals surface area (Å²) in [5.74, 6) is -0.0283. The highest BCUT2D eigenvalue weighted by molar-refractivity contribution is 5.95. The fourth-order valence-corrected chi connectivity index (χ4v) is 2.85. The number of nitrogens with zero attached hydrogens (tertiary/aromatic N) is 2. The number of anilines is 1. The van der Waals surface area contributed by atoms with E-state index in [-0.39, 0.29) is 30.1 Å². The molecular formula is C18H19FN4O2. The topological polar surface area (TPSA) is 74.3 Å². The van der Waals surface area contributed by atoms with Crippen molar-refractivity contribution in [1.82, 2.24) is 15.2 Å². The predicted molar refractivity (Wildman–Crippen MR) is 91.5 cm³/mol. The van der Waals surface area contributed by atoms with Gasteiger partial charge in [-0.25, -0.2) is 9.37 Å². The van der Waals surface area contributed by atoms with Crippen molar-refractivity contribution in [2.24, 2.45) is 0 Å². The van der Waals surface area contributed by atoms with Crippen molar-refractivity contribution in [3.05, 3.63) is 59.5 Å². The predicted octanol–water partition coefficient (Wildman–Crippen LogP) is 1.79. The van der Waals surface area contributed by atoms with Crippen LogP contribution in [-0.2, 0) is 11.3 Å². The third-order valence-electron chi connectivity index (χ3n) is 4.09. The highest BCUT2D eigenvalue weighted by Crippen LogP contribution is 2.16. The largest absolute Gasteiger partial charge is 0.373 e. The lowest BCUT2D eigenvalue weighted by molar-refractivity contribution is -0.128. The summed E-state index contributed by atoms with van der Waals surface area (Å²) in [4.78, 5) is 30.2. The molecule has 1 fully saturated rings. The summed E-state index contributed by atoms with van der Waals surface area (Å²) in [6.07, 6.45) is 1.79. The van der Waals surface area contributed by atoms with Gasteiger partial charge in [-0.15, -0.1) is 0 Å². The molecular weight excluding hydrogens is 323 g/mol. The first-order valence-electron chi connectivity index (χ1n) is 8.02. The van der Waals surface area contributed by atoms with Gasteiger partial charge in [0, 0.05) is 38.3 Å². The van der Waals surface area contributed by atoms with Crippen LogP contribution in [0.25, 0.3) is 0 Å². The first-order valence-corrected chi connectivity index (χ1v) is 8.02. The molecule has 2 N–H and O–H groups in total. The van der Waals surface area contributed by atoms with E-state index in [0.717, 1.165) is 5.56 Å². The summed E-state index contributed by atoms with van der Waals surface area (Å²) in [6.45, 7) is 0.743. The maximum absolute atomic E-state index is 13.3. The first kappa shape index (κ1) is 16.9. The molecule has 0 saturated carbocycles. The van der Waals surface area contributed by atoms with Crippen LogP contribution in [0.2, 0.25) is 0 Å².